The van der Waals surface area contributed by atoms with Crippen LogP contribution < -0.4 is 25.4 Å². The Morgan fingerprint density at radius 3 is 2.73 bits per heavy atom. The number of methoxy groups -OCH3 is 1. The molecule has 3 N–H and O–H groups in total. The minimum atomic E-state index is -0.469. The molecular formula is C32H37N5O7. The number of benzene rings is 2. The van der Waals surface area contributed by atoms with E-state index < -0.39 is 6.10 Å². The Labute approximate surface area is 256 Å². The first-order valence-electron chi connectivity index (χ1n) is 14.6. The number of rotatable bonds is 5. The summed E-state index contributed by atoms with van der Waals surface area (Å²) in [4.78, 5) is 45.0. The van der Waals surface area contributed by atoms with Crippen LogP contribution in [0, 0.1) is 6.92 Å². The quantitative estimate of drug-likeness (QED) is 0.378. The lowest BCUT2D eigenvalue weighted by Gasteiger charge is -2.38. The highest BCUT2D eigenvalue weighted by Gasteiger charge is 2.34. The molecule has 1 aromatic heterocycles. The van der Waals surface area contributed by atoms with Crippen LogP contribution >= 0.6 is 0 Å². The molecular weight excluding hydrogens is 566 g/mol. The molecule has 3 heterocycles. The molecule has 5 rings (SSSR count). The van der Waals surface area contributed by atoms with E-state index in [1.54, 1.807) is 42.5 Å². The first-order valence-corrected chi connectivity index (χ1v) is 14.6. The molecule has 1 fully saturated rings. The lowest BCUT2D eigenvalue weighted by Crippen LogP contribution is -2.58. The van der Waals surface area contributed by atoms with E-state index in [1.165, 1.54) is 0 Å². The van der Waals surface area contributed by atoms with E-state index >= 15 is 0 Å². The summed E-state index contributed by atoms with van der Waals surface area (Å²) >= 11 is 0. The molecule has 0 saturated carbocycles. The summed E-state index contributed by atoms with van der Waals surface area (Å²) in [5.41, 5.74) is 2.52. The van der Waals surface area contributed by atoms with Crippen molar-refractivity contribution in [1.29, 1.82) is 0 Å². The number of carbonyl (C=O) groups is 3. The average molecular weight is 604 g/mol. The third-order valence-electron chi connectivity index (χ3n) is 7.31. The van der Waals surface area contributed by atoms with Gasteiger partial charge in [0.25, 0.3) is 11.8 Å². The summed E-state index contributed by atoms with van der Waals surface area (Å²) in [6.07, 6.45) is 1.62. The molecule has 3 aromatic rings. The van der Waals surface area contributed by atoms with Gasteiger partial charge in [0.15, 0.2) is 0 Å². The topological polar surface area (TPSA) is 140 Å². The van der Waals surface area contributed by atoms with Crippen LogP contribution in [0.5, 0.6) is 17.2 Å². The number of amides is 4. The Morgan fingerprint density at radius 1 is 1.05 bits per heavy atom. The summed E-state index contributed by atoms with van der Waals surface area (Å²) in [6.45, 7) is 3.94. The van der Waals surface area contributed by atoms with Gasteiger partial charge in [-0.3, -0.25) is 14.6 Å². The van der Waals surface area contributed by atoms with Crippen LogP contribution in [-0.4, -0.2) is 86.4 Å². The van der Waals surface area contributed by atoms with Gasteiger partial charge >= 0.3 is 6.03 Å². The van der Waals surface area contributed by atoms with E-state index in [-0.39, 0.29) is 43.6 Å². The van der Waals surface area contributed by atoms with E-state index in [9.17, 15) is 14.4 Å². The van der Waals surface area contributed by atoms with E-state index in [0.717, 1.165) is 11.3 Å². The average Bonchev–Trinajstić information content (AvgIpc) is 3.02. The lowest BCUT2D eigenvalue weighted by atomic mass is 10.0. The van der Waals surface area contributed by atoms with E-state index in [0.29, 0.717) is 61.1 Å². The molecule has 44 heavy (non-hydrogen) atoms. The van der Waals surface area contributed by atoms with Gasteiger partial charge < -0.3 is 39.8 Å². The molecule has 2 aliphatic heterocycles. The number of hydrogen-bond donors (Lipinski definition) is 3. The predicted octanol–water partition coefficient (Wildman–Crippen LogP) is 3.05. The molecule has 4 amide bonds. The standard InChI is InChI=1S/C32H37N5O7/c1-21-6-7-23(18-35-21)31(39)37-11-8-28-29(19-37)43-20-22-4-3-5-25(14-22)44-27-16-24(15-26(17-27)42-13-12-41-2)30(38)33-9-10-34-32(40)36-28/h3-7,14-18,28-29H,8-13,19-20H2,1-2H3,(H,33,38)(H2,34,36,40)/t28-,29-/m0/s1. The van der Waals surface area contributed by atoms with Crippen molar-refractivity contribution in [3.8, 4) is 17.2 Å². The number of likely N-dealkylation sites (tertiary alicyclic amines) is 1. The van der Waals surface area contributed by atoms with Crippen molar-refractivity contribution in [3.63, 3.8) is 0 Å². The van der Waals surface area contributed by atoms with Crippen LogP contribution in [0.2, 0.25) is 0 Å². The number of nitrogens with zero attached hydrogens (tertiary/aromatic N) is 2. The van der Waals surface area contributed by atoms with E-state index in [4.69, 9.17) is 18.9 Å². The summed E-state index contributed by atoms with van der Waals surface area (Å²) in [5, 5.41) is 8.60. The highest BCUT2D eigenvalue weighted by molar-refractivity contribution is 5.95. The Kier molecular flexibility index (Phi) is 10.3. The second-order valence-electron chi connectivity index (χ2n) is 10.6. The fourth-order valence-electron chi connectivity index (χ4n) is 5.01. The monoisotopic (exact) mass is 603 g/mol. The minimum absolute atomic E-state index is 0.137. The summed E-state index contributed by atoms with van der Waals surface area (Å²) in [5.74, 6) is 0.962. The molecule has 232 valence electrons. The summed E-state index contributed by atoms with van der Waals surface area (Å²) < 4.78 is 23.3. The maximum atomic E-state index is 13.2. The van der Waals surface area contributed by atoms with Crippen molar-refractivity contribution in [2.75, 3.05) is 46.5 Å². The van der Waals surface area contributed by atoms with Crippen LogP contribution in [0.4, 0.5) is 4.79 Å². The number of fused-ring (bicyclic) bond motifs is 5. The Balaban J connectivity index is 1.36. The number of urea groups is 1. The van der Waals surface area contributed by atoms with E-state index in [1.807, 2.05) is 37.3 Å². The molecule has 4 bridgehead atoms. The van der Waals surface area contributed by atoms with Crippen molar-refractivity contribution < 1.29 is 33.3 Å². The Bertz CT molecular complexity index is 1470. The van der Waals surface area contributed by atoms with Crippen molar-refractivity contribution in [1.82, 2.24) is 25.8 Å². The number of ether oxygens (including phenoxy) is 4. The zero-order valence-corrected chi connectivity index (χ0v) is 24.8. The zero-order chi connectivity index (χ0) is 30.9. The van der Waals surface area contributed by atoms with Crippen molar-refractivity contribution in [2.45, 2.75) is 32.1 Å². The maximum Gasteiger partial charge on any atom is 0.315 e. The lowest BCUT2D eigenvalue weighted by molar-refractivity contribution is -0.0235. The second-order valence-corrected chi connectivity index (χ2v) is 10.6. The van der Waals surface area contributed by atoms with Crippen LogP contribution in [0.15, 0.2) is 60.8 Å². The van der Waals surface area contributed by atoms with Gasteiger partial charge in [0.05, 0.1) is 30.9 Å². The van der Waals surface area contributed by atoms with Gasteiger partial charge in [-0.25, -0.2) is 4.79 Å². The molecule has 12 heteroatoms. The molecule has 0 spiro atoms. The SMILES string of the molecule is COCCOc1cc2cc(c1)C(=O)NCCNC(=O)N[C@H]1CCN(C(=O)c3ccc(C)nc3)C[C@@H]1OCc1cccc(c1)O2. The summed E-state index contributed by atoms with van der Waals surface area (Å²) in [7, 11) is 1.58. The normalized spacial score (nSPS) is 19.2. The largest absolute Gasteiger partial charge is 0.491 e. The maximum absolute atomic E-state index is 13.2. The molecule has 2 aliphatic rings. The molecule has 1 saturated heterocycles. The van der Waals surface area contributed by atoms with Crippen molar-refractivity contribution in [3.05, 3.63) is 83.2 Å². The van der Waals surface area contributed by atoms with E-state index in [2.05, 4.69) is 20.9 Å². The van der Waals surface area contributed by atoms with Gasteiger partial charge in [-0.05, 0) is 55.3 Å². The smallest absolute Gasteiger partial charge is 0.315 e. The zero-order valence-electron chi connectivity index (χ0n) is 24.8. The predicted molar refractivity (Wildman–Crippen MR) is 161 cm³/mol. The Hall–Kier alpha value is -4.68. The highest BCUT2D eigenvalue weighted by atomic mass is 16.5. The number of aryl methyl sites for hydroxylation is 1. The van der Waals surface area contributed by atoms with Gasteiger partial charge in [0.1, 0.15) is 23.9 Å². The molecule has 0 radical (unpaired) electrons. The van der Waals surface area contributed by atoms with Gasteiger partial charge in [-0.1, -0.05) is 12.1 Å². The first kappa shape index (κ1) is 30.8. The minimum Gasteiger partial charge on any atom is -0.491 e. The van der Waals surface area contributed by atoms with Gasteiger partial charge in [0, 0.05) is 56.8 Å². The number of piperidine rings is 1. The molecule has 0 aliphatic carbocycles. The third kappa shape index (κ3) is 8.23. The second kappa shape index (κ2) is 14.7. The fraction of sp³-hybridized carbons (Fsp3) is 0.375. The van der Waals surface area contributed by atoms with Gasteiger partial charge in [0.2, 0.25) is 0 Å². The van der Waals surface area contributed by atoms with Crippen LogP contribution in [0.1, 0.15) is 38.4 Å². The first-order chi connectivity index (χ1) is 21.4. The number of pyridine rings is 1. The van der Waals surface area contributed by atoms with Crippen molar-refractivity contribution in [2.24, 2.45) is 0 Å². The highest BCUT2D eigenvalue weighted by Crippen LogP contribution is 2.29. The van der Waals surface area contributed by atoms with Gasteiger partial charge in [-0.2, -0.15) is 0 Å². The van der Waals surface area contributed by atoms with Gasteiger partial charge in [-0.15, -0.1) is 0 Å². The Morgan fingerprint density at radius 2 is 1.91 bits per heavy atom. The molecule has 2 atom stereocenters. The third-order valence-corrected chi connectivity index (χ3v) is 7.31. The number of aromatic nitrogens is 1. The molecule has 2 aromatic carbocycles. The van der Waals surface area contributed by atoms with Crippen LogP contribution in [0.25, 0.3) is 0 Å². The molecule has 0 unspecified atom stereocenters. The van der Waals surface area contributed by atoms with Crippen molar-refractivity contribution >= 4 is 17.8 Å². The number of carbonyl (C=O) groups excluding carboxylic acids is 3. The number of hydrogen-bond acceptors (Lipinski definition) is 8. The fourth-order valence-corrected chi connectivity index (χ4v) is 5.01. The molecule has 12 nitrogen and oxygen atoms in total. The van der Waals surface area contributed by atoms with Crippen LogP contribution in [-0.2, 0) is 16.1 Å². The van der Waals surface area contributed by atoms with Crippen LogP contribution in [0.3, 0.4) is 0 Å². The summed E-state index contributed by atoms with van der Waals surface area (Å²) in [6, 6.07) is 15.2. The number of nitrogens with one attached hydrogen (secondary N) is 3.